The van der Waals surface area contributed by atoms with Crippen molar-refractivity contribution in [3.8, 4) is 0 Å². The minimum atomic E-state index is -3.16. The van der Waals surface area contributed by atoms with E-state index in [1.807, 2.05) is 6.92 Å². The highest BCUT2D eigenvalue weighted by Gasteiger charge is 2.30. The zero-order valence-corrected chi connectivity index (χ0v) is 10.9. The molecule has 0 saturated carbocycles. The molecule has 0 aliphatic carbocycles. The van der Waals surface area contributed by atoms with Gasteiger partial charge in [-0.2, -0.15) is 4.31 Å². The summed E-state index contributed by atoms with van der Waals surface area (Å²) >= 11 is 0. The fraction of sp³-hybridized carbons (Fsp3) is 1.00. The van der Waals surface area contributed by atoms with Gasteiger partial charge in [0, 0.05) is 26.2 Å². The predicted molar refractivity (Wildman–Crippen MR) is 63.9 cm³/mol. The van der Waals surface area contributed by atoms with Crippen molar-refractivity contribution in [2.75, 3.05) is 39.1 Å². The minimum absolute atomic E-state index is 0.0833. The molecular weight excluding hydrogens is 228 g/mol. The molecule has 96 valence electrons. The molecule has 1 heterocycles. The lowest BCUT2D eigenvalue weighted by atomic mass is 10.2. The van der Waals surface area contributed by atoms with Crippen LogP contribution in [0, 0.1) is 0 Å². The van der Waals surface area contributed by atoms with Crippen molar-refractivity contribution in [1.29, 1.82) is 0 Å². The lowest BCUT2D eigenvalue weighted by Gasteiger charge is -2.27. The van der Waals surface area contributed by atoms with E-state index in [2.05, 4.69) is 5.32 Å². The van der Waals surface area contributed by atoms with Crippen LogP contribution in [0.1, 0.15) is 19.8 Å². The number of hydrogen-bond donors (Lipinski definition) is 1. The number of rotatable bonds is 7. The van der Waals surface area contributed by atoms with E-state index < -0.39 is 10.0 Å². The van der Waals surface area contributed by atoms with Gasteiger partial charge in [0.25, 0.3) is 0 Å². The van der Waals surface area contributed by atoms with Crippen LogP contribution in [0.5, 0.6) is 0 Å². The molecule has 1 saturated heterocycles. The van der Waals surface area contributed by atoms with Gasteiger partial charge in [-0.3, -0.25) is 0 Å². The quantitative estimate of drug-likeness (QED) is 0.693. The van der Waals surface area contributed by atoms with E-state index in [0.29, 0.717) is 6.54 Å². The lowest BCUT2D eigenvalue weighted by molar-refractivity contribution is 0.214. The van der Waals surface area contributed by atoms with Gasteiger partial charge in [0.15, 0.2) is 0 Å². The fourth-order valence-electron chi connectivity index (χ4n) is 1.96. The Bertz CT molecular complexity index is 286. The van der Waals surface area contributed by atoms with E-state index in [-0.39, 0.29) is 18.4 Å². The summed E-state index contributed by atoms with van der Waals surface area (Å²) in [6.45, 7) is 4.55. The third-order valence-corrected chi connectivity index (χ3v) is 4.67. The van der Waals surface area contributed by atoms with Crippen LogP contribution in [0.2, 0.25) is 0 Å². The predicted octanol–water partition coefficient (Wildman–Crippen LogP) is 0.0365. The summed E-state index contributed by atoms with van der Waals surface area (Å²) in [5.74, 6) is 0.0833. The van der Waals surface area contributed by atoms with E-state index in [9.17, 15) is 8.42 Å². The molecule has 0 amide bonds. The molecule has 0 aromatic carbocycles. The number of methoxy groups -OCH3 is 1. The molecule has 6 heteroatoms. The number of sulfonamides is 1. The summed E-state index contributed by atoms with van der Waals surface area (Å²) in [7, 11) is -1.64. The SMILES string of the molecule is CCCN(C1CCNC1)S(=O)(=O)CCOC. The standard InChI is InChI=1S/C10H22N2O3S/c1-3-6-12(10-4-5-11-9-10)16(13,14)8-7-15-2/h10-11H,3-9H2,1-2H3. The van der Waals surface area contributed by atoms with Gasteiger partial charge < -0.3 is 10.1 Å². The first-order valence-corrected chi connectivity index (χ1v) is 7.42. The molecule has 1 fully saturated rings. The largest absolute Gasteiger partial charge is 0.384 e. The Morgan fingerprint density at radius 1 is 1.50 bits per heavy atom. The van der Waals surface area contributed by atoms with E-state index in [1.165, 1.54) is 7.11 Å². The first-order chi connectivity index (χ1) is 7.61. The number of nitrogens with one attached hydrogen (secondary N) is 1. The summed E-state index contributed by atoms with van der Waals surface area (Å²) in [4.78, 5) is 0. The highest BCUT2D eigenvalue weighted by molar-refractivity contribution is 7.89. The van der Waals surface area contributed by atoms with Crippen molar-refractivity contribution < 1.29 is 13.2 Å². The highest BCUT2D eigenvalue weighted by Crippen LogP contribution is 2.14. The van der Waals surface area contributed by atoms with Crippen LogP contribution in [0.15, 0.2) is 0 Å². The summed E-state index contributed by atoms with van der Waals surface area (Å²) in [6.07, 6.45) is 1.76. The van der Waals surface area contributed by atoms with Gasteiger partial charge in [-0.15, -0.1) is 0 Å². The zero-order chi connectivity index (χ0) is 12.0. The second-order valence-corrected chi connectivity index (χ2v) is 6.11. The van der Waals surface area contributed by atoms with Crippen molar-refractivity contribution in [2.45, 2.75) is 25.8 Å². The normalized spacial score (nSPS) is 21.8. The molecule has 0 radical (unpaired) electrons. The lowest BCUT2D eigenvalue weighted by Crippen LogP contribution is -2.43. The van der Waals surface area contributed by atoms with Gasteiger partial charge >= 0.3 is 0 Å². The molecule has 1 unspecified atom stereocenters. The van der Waals surface area contributed by atoms with Gasteiger partial charge in [0.2, 0.25) is 10.0 Å². The van der Waals surface area contributed by atoms with Crippen LogP contribution in [0.4, 0.5) is 0 Å². The Kier molecular flexibility index (Phi) is 5.68. The molecule has 1 atom stereocenters. The average Bonchev–Trinajstić information content (AvgIpc) is 2.76. The third-order valence-electron chi connectivity index (χ3n) is 2.79. The van der Waals surface area contributed by atoms with Crippen molar-refractivity contribution >= 4 is 10.0 Å². The fourth-order valence-corrected chi connectivity index (χ4v) is 3.67. The van der Waals surface area contributed by atoms with Crippen LogP contribution in [0.25, 0.3) is 0 Å². The van der Waals surface area contributed by atoms with Gasteiger partial charge in [-0.25, -0.2) is 8.42 Å². The van der Waals surface area contributed by atoms with Crippen LogP contribution >= 0.6 is 0 Å². The first kappa shape index (κ1) is 13.9. The monoisotopic (exact) mass is 250 g/mol. The third kappa shape index (κ3) is 3.69. The minimum Gasteiger partial charge on any atom is -0.384 e. The van der Waals surface area contributed by atoms with Crippen molar-refractivity contribution in [1.82, 2.24) is 9.62 Å². The van der Waals surface area contributed by atoms with Crippen LogP contribution < -0.4 is 5.32 Å². The molecule has 5 nitrogen and oxygen atoms in total. The van der Waals surface area contributed by atoms with Gasteiger partial charge in [0.05, 0.1) is 12.4 Å². The molecule has 1 rings (SSSR count). The summed E-state index contributed by atoms with van der Waals surface area (Å²) in [5, 5.41) is 3.20. The molecular formula is C10H22N2O3S. The Morgan fingerprint density at radius 3 is 2.75 bits per heavy atom. The Morgan fingerprint density at radius 2 is 2.25 bits per heavy atom. The van der Waals surface area contributed by atoms with E-state index in [1.54, 1.807) is 4.31 Å². The maximum Gasteiger partial charge on any atom is 0.216 e. The van der Waals surface area contributed by atoms with Crippen molar-refractivity contribution in [2.24, 2.45) is 0 Å². The Labute approximate surface area is 98.2 Å². The van der Waals surface area contributed by atoms with Crippen LogP contribution in [-0.2, 0) is 14.8 Å². The van der Waals surface area contributed by atoms with Gasteiger partial charge in [-0.05, 0) is 19.4 Å². The Balaban J connectivity index is 2.67. The molecule has 0 aromatic heterocycles. The highest BCUT2D eigenvalue weighted by atomic mass is 32.2. The summed E-state index contributed by atoms with van der Waals surface area (Å²) < 4.78 is 30.7. The summed E-state index contributed by atoms with van der Waals surface area (Å²) in [6, 6.07) is 0.127. The maximum atomic E-state index is 12.1. The van der Waals surface area contributed by atoms with Crippen LogP contribution in [-0.4, -0.2) is 57.9 Å². The van der Waals surface area contributed by atoms with Gasteiger partial charge in [-0.1, -0.05) is 6.92 Å². The maximum absolute atomic E-state index is 12.1. The van der Waals surface area contributed by atoms with E-state index in [0.717, 1.165) is 25.9 Å². The zero-order valence-electron chi connectivity index (χ0n) is 10.1. The molecule has 0 spiro atoms. The summed E-state index contributed by atoms with van der Waals surface area (Å²) in [5.41, 5.74) is 0. The molecule has 1 aliphatic rings. The number of nitrogens with zero attached hydrogens (tertiary/aromatic N) is 1. The first-order valence-electron chi connectivity index (χ1n) is 5.81. The topological polar surface area (TPSA) is 58.6 Å². The van der Waals surface area contributed by atoms with E-state index >= 15 is 0 Å². The van der Waals surface area contributed by atoms with Gasteiger partial charge in [0.1, 0.15) is 0 Å². The average molecular weight is 250 g/mol. The van der Waals surface area contributed by atoms with Crippen LogP contribution in [0.3, 0.4) is 0 Å². The number of hydrogen-bond acceptors (Lipinski definition) is 4. The number of ether oxygens (including phenoxy) is 1. The molecule has 0 aromatic rings. The Hall–Kier alpha value is -0.170. The second kappa shape index (κ2) is 6.54. The van der Waals surface area contributed by atoms with E-state index in [4.69, 9.17) is 4.74 Å². The molecule has 0 bridgehead atoms. The van der Waals surface area contributed by atoms with Crippen molar-refractivity contribution in [3.05, 3.63) is 0 Å². The smallest absolute Gasteiger partial charge is 0.216 e. The molecule has 1 N–H and O–H groups in total. The molecule has 16 heavy (non-hydrogen) atoms. The van der Waals surface area contributed by atoms with Crippen molar-refractivity contribution in [3.63, 3.8) is 0 Å². The second-order valence-electron chi connectivity index (χ2n) is 4.07. The molecule has 1 aliphatic heterocycles.